The maximum atomic E-state index is 11.6. The minimum atomic E-state index is -0.629. The first kappa shape index (κ1) is 15.9. The van der Waals surface area contributed by atoms with Crippen LogP contribution in [0.25, 0.3) is 6.08 Å². The number of halogens is 1. The Kier molecular flexibility index (Phi) is 5.38. The number of aryl methyl sites for hydroxylation is 1. The molecule has 1 aromatic carbocycles. The standard InChI is InChI=1S/C16H14ClNO4/c1-11-5-6-14(22-11)7-8-16(20)21-10-15(19)18-13-4-2-3-12(17)9-13/h2-9H,10H2,1H3,(H,18,19). The van der Waals surface area contributed by atoms with E-state index in [9.17, 15) is 9.59 Å². The van der Waals surface area contributed by atoms with Crippen LogP contribution in [0.3, 0.4) is 0 Å². The molecule has 2 rings (SSSR count). The van der Waals surface area contributed by atoms with Crippen LogP contribution < -0.4 is 5.32 Å². The molecule has 0 unspecified atom stereocenters. The van der Waals surface area contributed by atoms with E-state index in [1.54, 1.807) is 43.3 Å². The summed E-state index contributed by atoms with van der Waals surface area (Å²) in [5.74, 6) is 0.208. The van der Waals surface area contributed by atoms with Crippen LogP contribution in [-0.4, -0.2) is 18.5 Å². The molecule has 0 bridgehead atoms. The van der Waals surface area contributed by atoms with Gasteiger partial charge in [-0.2, -0.15) is 0 Å². The number of nitrogens with one attached hydrogen (secondary N) is 1. The van der Waals surface area contributed by atoms with Crippen molar-refractivity contribution in [2.24, 2.45) is 0 Å². The van der Waals surface area contributed by atoms with E-state index in [0.717, 1.165) is 5.76 Å². The predicted octanol–water partition coefficient (Wildman–Crippen LogP) is 3.44. The number of rotatable bonds is 5. The SMILES string of the molecule is Cc1ccc(C=CC(=O)OCC(=O)Nc2cccc(Cl)c2)o1. The molecule has 0 radical (unpaired) electrons. The van der Waals surface area contributed by atoms with E-state index in [1.165, 1.54) is 12.2 Å². The van der Waals surface area contributed by atoms with Gasteiger partial charge in [0, 0.05) is 16.8 Å². The second-order valence-corrected chi connectivity index (χ2v) is 4.88. The van der Waals surface area contributed by atoms with Gasteiger partial charge in [0.25, 0.3) is 5.91 Å². The van der Waals surface area contributed by atoms with Crippen LogP contribution in [0, 0.1) is 6.92 Å². The van der Waals surface area contributed by atoms with Gasteiger partial charge in [-0.3, -0.25) is 4.79 Å². The molecule has 0 spiro atoms. The van der Waals surface area contributed by atoms with Crippen molar-refractivity contribution < 1.29 is 18.7 Å². The summed E-state index contributed by atoms with van der Waals surface area (Å²) in [6.45, 7) is 1.42. The van der Waals surface area contributed by atoms with Crippen molar-refractivity contribution in [2.75, 3.05) is 11.9 Å². The van der Waals surface area contributed by atoms with Gasteiger partial charge in [0.05, 0.1) is 0 Å². The second-order valence-electron chi connectivity index (χ2n) is 4.45. The topological polar surface area (TPSA) is 68.5 Å². The largest absolute Gasteiger partial charge is 0.462 e. The fourth-order valence-corrected chi connectivity index (χ4v) is 1.83. The molecular weight excluding hydrogens is 306 g/mol. The highest BCUT2D eigenvalue weighted by Crippen LogP contribution is 2.14. The zero-order valence-electron chi connectivity index (χ0n) is 11.8. The van der Waals surface area contributed by atoms with Crippen LogP contribution in [0.5, 0.6) is 0 Å². The van der Waals surface area contributed by atoms with Gasteiger partial charge in [0.1, 0.15) is 11.5 Å². The van der Waals surface area contributed by atoms with E-state index in [0.29, 0.717) is 16.5 Å². The van der Waals surface area contributed by atoms with Gasteiger partial charge in [-0.05, 0) is 43.3 Å². The summed E-state index contributed by atoms with van der Waals surface area (Å²) in [5.41, 5.74) is 0.537. The third-order valence-corrected chi connectivity index (χ3v) is 2.83. The van der Waals surface area contributed by atoms with Crippen LogP contribution in [0.4, 0.5) is 5.69 Å². The van der Waals surface area contributed by atoms with Gasteiger partial charge in [0.15, 0.2) is 6.61 Å². The van der Waals surface area contributed by atoms with Crippen molar-refractivity contribution in [1.29, 1.82) is 0 Å². The first-order valence-corrected chi connectivity index (χ1v) is 6.87. The molecule has 1 amide bonds. The van der Waals surface area contributed by atoms with Crippen molar-refractivity contribution in [3.8, 4) is 0 Å². The number of carbonyl (C=O) groups excluding carboxylic acids is 2. The first-order chi connectivity index (χ1) is 10.5. The Morgan fingerprint density at radius 2 is 2.14 bits per heavy atom. The molecular formula is C16H14ClNO4. The van der Waals surface area contributed by atoms with E-state index in [-0.39, 0.29) is 6.61 Å². The summed E-state index contributed by atoms with van der Waals surface area (Å²) in [7, 11) is 0. The lowest BCUT2D eigenvalue weighted by Gasteiger charge is -2.05. The molecule has 5 nitrogen and oxygen atoms in total. The van der Waals surface area contributed by atoms with E-state index in [2.05, 4.69) is 5.32 Å². The minimum absolute atomic E-state index is 0.382. The third kappa shape index (κ3) is 5.10. The normalized spacial score (nSPS) is 10.6. The van der Waals surface area contributed by atoms with Crippen LogP contribution in [0.1, 0.15) is 11.5 Å². The third-order valence-electron chi connectivity index (χ3n) is 2.60. The summed E-state index contributed by atoms with van der Waals surface area (Å²) in [5, 5.41) is 3.08. The average Bonchev–Trinajstić information content (AvgIpc) is 2.89. The lowest BCUT2D eigenvalue weighted by atomic mass is 10.3. The molecule has 6 heteroatoms. The van der Waals surface area contributed by atoms with Gasteiger partial charge in [-0.25, -0.2) is 4.79 Å². The number of anilines is 1. The maximum Gasteiger partial charge on any atom is 0.331 e. The first-order valence-electron chi connectivity index (χ1n) is 6.49. The average molecular weight is 320 g/mol. The lowest BCUT2D eigenvalue weighted by molar-refractivity contribution is -0.142. The molecule has 1 heterocycles. The molecule has 0 saturated carbocycles. The number of hydrogen-bond acceptors (Lipinski definition) is 4. The van der Waals surface area contributed by atoms with Crippen molar-refractivity contribution in [3.63, 3.8) is 0 Å². The number of furan rings is 1. The predicted molar refractivity (Wildman–Crippen MR) is 83.5 cm³/mol. The lowest BCUT2D eigenvalue weighted by Crippen LogP contribution is -2.20. The Hall–Kier alpha value is -2.53. The van der Waals surface area contributed by atoms with Gasteiger partial charge in [-0.15, -0.1) is 0 Å². The Morgan fingerprint density at radius 1 is 1.32 bits per heavy atom. The monoisotopic (exact) mass is 319 g/mol. The van der Waals surface area contributed by atoms with E-state index in [4.69, 9.17) is 20.8 Å². The molecule has 2 aromatic rings. The van der Waals surface area contributed by atoms with Crippen molar-refractivity contribution in [2.45, 2.75) is 6.92 Å². The number of hydrogen-bond donors (Lipinski definition) is 1. The second kappa shape index (κ2) is 7.47. The number of carbonyl (C=O) groups is 2. The summed E-state index contributed by atoms with van der Waals surface area (Å²) in [6.07, 6.45) is 2.68. The summed E-state index contributed by atoms with van der Waals surface area (Å²) < 4.78 is 10.1. The smallest absolute Gasteiger partial charge is 0.331 e. The zero-order chi connectivity index (χ0) is 15.9. The van der Waals surface area contributed by atoms with Crippen LogP contribution in [0.2, 0.25) is 5.02 Å². The number of benzene rings is 1. The fraction of sp³-hybridized carbons (Fsp3) is 0.125. The molecule has 22 heavy (non-hydrogen) atoms. The quantitative estimate of drug-likeness (QED) is 0.677. The van der Waals surface area contributed by atoms with Crippen molar-refractivity contribution >= 4 is 35.2 Å². The van der Waals surface area contributed by atoms with Crippen LogP contribution in [-0.2, 0) is 14.3 Å². The maximum absolute atomic E-state index is 11.6. The summed E-state index contributed by atoms with van der Waals surface area (Å²) in [6, 6.07) is 10.2. The van der Waals surface area contributed by atoms with E-state index >= 15 is 0 Å². The van der Waals surface area contributed by atoms with Crippen molar-refractivity contribution in [1.82, 2.24) is 0 Å². The van der Waals surface area contributed by atoms with Crippen LogP contribution in [0.15, 0.2) is 46.9 Å². The van der Waals surface area contributed by atoms with E-state index in [1.807, 2.05) is 0 Å². The molecule has 0 aliphatic carbocycles. The summed E-state index contributed by atoms with van der Waals surface area (Å²) >= 11 is 5.80. The number of esters is 1. The minimum Gasteiger partial charge on any atom is -0.462 e. The van der Waals surface area contributed by atoms with Gasteiger partial charge in [-0.1, -0.05) is 17.7 Å². The molecule has 1 aromatic heterocycles. The fourth-order valence-electron chi connectivity index (χ4n) is 1.64. The molecule has 1 N–H and O–H groups in total. The van der Waals surface area contributed by atoms with Crippen LogP contribution >= 0.6 is 11.6 Å². The molecule has 0 saturated heterocycles. The van der Waals surface area contributed by atoms with E-state index < -0.39 is 11.9 Å². The highest BCUT2D eigenvalue weighted by molar-refractivity contribution is 6.30. The Bertz CT molecular complexity index is 706. The Balaban J connectivity index is 1.78. The molecule has 0 atom stereocenters. The zero-order valence-corrected chi connectivity index (χ0v) is 12.6. The molecule has 0 aliphatic heterocycles. The van der Waals surface area contributed by atoms with Crippen molar-refractivity contribution in [3.05, 3.63) is 59.0 Å². The highest BCUT2D eigenvalue weighted by Gasteiger charge is 2.06. The van der Waals surface area contributed by atoms with Gasteiger partial charge >= 0.3 is 5.97 Å². The number of ether oxygens (including phenoxy) is 1. The molecule has 0 aliphatic rings. The summed E-state index contributed by atoms with van der Waals surface area (Å²) in [4.78, 5) is 23.1. The Labute approximate surface area is 132 Å². The number of amides is 1. The molecule has 0 fully saturated rings. The van der Waals surface area contributed by atoms with Gasteiger partial charge in [0.2, 0.25) is 0 Å². The van der Waals surface area contributed by atoms with Gasteiger partial charge < -0.3 is 14.5 Å². The Morgan fingerprint density at radius 3 is 2.82 bits per heavy atom. The highest BCUT2D eigenvalue weighted by atomic mass is 35.5. The molecule has 114 valence electrons.